The van der Waals surface area contributed by atoms with E-state index in [1.165, 1.54) is 36.4 Å². The third-order valence-corrected chi connectivity index (χ3v) is 4.13. The van der Waals surface area contributed by atoms with E-state index in [9.17, 15) is 18.0 Å². The average Bonchev–Trinajstić information content (AvgIpc) is 3.14. The first-order valence-electron chi connectivity index (χ1n) is 8.10. The maximum Gasteiger partial charge on any atom is 0.416 e. The number of alkyl halides is 3. The van der Waals surface area contributed by atoms with Gasteiger partial charge in [0.15, 0.2) is 0 Å². The van der Waals surface area contributed by atoms with Crippen molar-refractivity contribution in [2.45, 2.75) is 13.1 Å². The molecule has 0 fully saturated rings. The lowest BCUT2D eigenvalue weighted by atomic mass is 10.1. The number of nitrogens with zero attached hydrogens (tertiary/aromatic N) is 3. The Morgan fingerprint density at radius 3 is 2.68 bits per heavy atom. The van der Waals surface area contributed by atoms with E-state index in [1.54, 1.807) is 18.2 Å². The van der Waals surface area contributed by atoms with Crippen molar-refractivity contribution < 1.29 is 18.0 Å². The van der Waals surface area contributed by atoms with Crippen LogP contribution in [0.15, 0.2) is 49.1 Å². The molecule has 0 spiro atoms. The molecule has 0 radical (unpaired) electrons. The van der Waals surface area contributed by atoms with E-state index >= 15 is 0 Å². The molecule has 6 nitrogen and oxygen atoms in total. The largest absolute Gasteiger partial charge is 0.416 e. The molecule has 146 valence electrons. The number of anilines is 2. The molecule has 0 saturated heterocycles. The fourth-order valence-corrected chi connectivity index (χ4v) is 2.73. The van der Waals surface area contributed by atoms with Gasteiger partial charge in [-0.1, -0.05) is 17.7 Å². The van der Waals surface area contributed by atoms with Crippen LogP contribution in [0.2, 0.25) is 5.02 Å². The van der Waals surface area contributed by atoms with E-state index in [0.29, 0.717) is 16.4 Å². The molecule has 0 saturated carbocycles. The van der Waals surface area contributed by atoms with Crippen molar-refractivity contribution in [3.8, 4) is 5.69 Å². The molecular weight excluding hydrogens is 395 g/mol. The summed E-state index contributed by atoms with van der Waals surface area (Å²) in [5.74, 6) is -0.460. The zero-order valence-electron chi connectivity index (χ0n) is 14.6. The molecule has 0 aliphatic rings. The van der Waals surface area contributed by atoms with E-state index < -0.39 is 17.6 Å². The second kappa shape index (κ2) is 7.89. The molecule has 0 unspecified atom stereocenters. The van der Waals surface area contributed by atoms with Gasteiger partial charge in [-0.25, -0.2) is 9.67 Å². The van der Waals surface area contributed by atoms with Gasteiger partial charge in [0.05, 0.1) is 23.5 Å². The minimum absolute atomic E-state index is 0.110. The molecular formula is C18H15ClF3N5O. The summed E-state index contributed by atoms with van der Waals surface area (Å²) in [5, 5.41) is 9.77. The van der Waals surface area contributed by atoms with Crippen LogP contribution < -0.4 is 10.6 Å². The van der Waals surface area contributed by atoms with Crippen molar-refractivity contribution in [1.29, 1.82) is 0 Å². The maximum atomic E-state index is 13.0. The standard InChI is InChI=1S/C18H15ClF3N5O/c1-11-2-4-13(7-14(11)18(20,21)22)24-8-17(28)26-15-6-12(19)3-5-16(15)27-10-23-9-25-27/h2-7,9-10,24H,8H2,1H3,(H,26,28). The molecule has 3 aromatic rings. The molecule has 28 heavy (non-hydrogen) atoms. The Labute approximate surface area is 163 Å². The zero-order chi connectivity index (χ0) is 20.3. The van der Waals surface area contributed by atoms with Gasteiger partial charge >= 0.3 is 6.18 Å². The summed E-state index contributed by atoms with van der Waals surface area (Å²) in [7, 11) is 0. The number of hydrogen-bond donors (Lipinski definition) is 2. The summed E-state index contributed by atoms with van der Waals surface area (Å²) in [5.41, 5.74) is 0.491. The number of hydrogen-bond acceptors (Lipinski definition) is 4. The van der Waals surface area contributed by atoms with Gasteiger partial charge in [0, 0.05) is 10.7 Å². The van der Waals surface area contributed by atoms with E-state index in [4.69, 9.17) is 11.6 Å². The topological polar surface area (TPSA) is 71.8 Å². The molecule has 1 amide bonds. The lowest BCUT2D eigenvalue weighted by Gasteiger charge is -2.14. The number of halogens is 4. The van der Waals surface area contributed by atoms with Crippen LogP contribution in [0.3, 0.4) is 0 Å². The number of aryl methyl sites for hydroxylation is 1. The Hall–Kier alpha value is -3.07. The van der Waals surface area contributed by atoms with Gasteiger partial charge in [0.1, 0.15) is 12.7 Å². The van der Waals surface area contributed by atoms with Crippen molar-refractivity contribution in [2.75, 3.05) is 17.2 Å². The SMILES string of the molecule is Cc1ccc(NCC(=O)Nc2cc(Cl)ccc2-n2cncn2)cc1C(F)(F)F. The van der Waals surface area contributed by atoms with E-state index in [1.807, 2.05) is 0 Å². The van der Waals surface area contributed by atoms with Crippen molar-refractivity contribution >= 4 is 28.9 Å². The first kappa shape index (κ1) is 19.7. The summed E-state index contributed by atoms with van der Waals surface area (Å²) in [4.78, 5) is 16.1. The Balaban J connectivity index is 1.72. The minimum Gasteiger partial charge on any atom is -0.376 e. The average molecular weight is 410 g/mol. The first-order valence-corrected chi connectivity index (χ1v) is 8.48. The lowest BCUT2D eigenvalue weighted by Crippen LogP contribution is -2.23. The summed E-state index contributed by atoms with van der Waals surface area (Å²) < 4.78 is 40.5. The van der Waals surface area contributed by atoms with Crippen molar-refractivity contribution in [1.82, 2.24) is 14.8 Å². The highest BCUT2D eigenvalue weighted by atomic mass is 35.5. The normalized spacial score (nSPS) is 11.3. The smallest absolute Gasteiger partial charge is 0.376 e. The summed E-state index contributed by atoms with van der Waals surface area (Å²) in [6.07, 6.45) is -1.66. The van der Waals surface area contributed by atoms with Crippen LogP contribution in [-0.2, 0) is 11.0 Å². The van der Waals surface area contributed by atoms with Crippen LogP contribution in [0, 0.1) is 6.92 Å². The van der Waals surface area contributed by atoms with Crippen LogP contribution in [0.5, 0.6) is 0 Å². The highest BCUT2D eigenvalue weighted by molar-refractivity contribution is 6.31. The molecule has 2 N–H and O–H groups in total. The zero-order valence-corrected chi connectivity index (χ0v) is 15.3. The minimum atomic E-state index is -4.46. The van der Waals surface area contributed by atoms with Crippen molar-refractivity contribution in [2.24, 2.45) is 0 Å². The van der Waals surface area contributed by atoms with Crippen LogP contribution in [0.1, 0.15) is 11.1 Å². The monoisotopic (exact) mass is 409 g/mol. The Bertz CT molecular complexity index is 989. The van der Waals surface area contributed by atoms with Gasteiger partial charge in [0.25, 0.3) is 0 Å². The van der Waals surface area contributed by atoms with Crippen LogP contribution in [0.25, 0.3) is 5.69 Å². The summed E-state index contributed by atoms with van der Waals surface area (Å²) in [6, 6.07) is 8.65. The number of carbonyl (C=O) groups excluding carboxylic acids is 1. The Kier molecular flexibility index (Phi) is 5.55. The number of carbonyl (C=O) groups is 1. The third-order valence-electron chi connectivity index (χ3n) is 3.89. The molecule has 0 bridgehead atoms. The predicted octanol–water partition coefficient (Wildman–Crippen LogP) is 4.30. The van der Waals surface area contributed by atoms with Gasteiger partial charge in [-0.3, -0.25) is 4.79 Å². The van der Waals surface area contributed by atoms with Gasteiger partial charge in [0.2, 0.25) is 5.91 Å². The van der Waals surface area contributed by atoms with Gasteiger partial charge in [-0.15, -0.1) is 0 Å². The van der Waals surface area contributed by atoms with Crippen LogP contribution >= 0.6 is 11.6 Å². The number of benzene rings is 2. The maximum absolute atomic E-state index is 13.0. The quantitative estimate of drug-likeness (QED) is 0.659. The van der Waals surface area contributed by atoms with E-state index in [0.717, 1.165) is 6.07 Å². The lowest BCUT2D eigenvalue weighted by molar-refractivity contribution is -0.138. The molecule has 0 aliphatic carbocycles. The Morgan fingerprint density at radius 1 is 1.21 bits per heavy atom. The fraction of sp³-hybridized carbons (Fsp3) is 0.167. The van der Waals surface area contributed by atoms with E-state index in [-0.39, 0.29) is 17.8 Å². The molecule has 1 aromatic heterocycles. The molecule has 0 atom stereocenters. The van der Waals surface area contributed by atoms with Gasteiger partial charge < -0.3 is 10.6 Å². The predicted molar refractivity (Wildman–Crippen MR) is 99.7 cm³/mol. The fourth-order valence-electron chi connectivity index (χ4n) is 2.55. The second-order valence-corrected chi connectivity index (χ2v) is 6.37. The number of amides is 1. The number of nitrogens with one attached hydrogen (secondary N) is 2. The number of aromatic nitrogens is 3. The van der Waals surface area contributed by atoms with E-state index in [2.05, 4.69) is 20.7 Å². The molecule has 2 aromatic carbocycles. The highest BCUT2D eigenvalue weighted by Gasteiger charge is 2.32. The third kappa shape index (κ3) is 4.61. The van der Waals surface area contributed by atoms with Crippen molar-refractivity contribution in [3.63, 3.8) is 0 Å². The second-order valence-electron chi connectivity index (χ2n) is 5.93. The summed E-state index contributed by atoms with van der Waals surface area (Å²) >= 11 is 5.99. The first-order chi connectivity index (χ1) is 13.2. The molecule has 10 heteroatoms. The number of rotatable bonds is 5. The van der Waals surface area contributed by atoms with Crippen LogP contribution in [-0.4, -0.2) is 27.2 Å². The van der Waals surface area contributed by atoms with Gasteiger partial charge in [-0.05, 0) is 42.8 Å². The van der Waals surface area contributed by atoms with Gasteiger partial charge in [-0.2, -0.15) is 18.3 Å². The molecule has 3 rings (SSSR count). The molecule has 1 heterocycles. The summed E-state index contributed by atoms with van der Waals surface area (Å²) in [6.45, 7) is 1.15. The molecule has 0 aliphatic heterocycles. The Morgan fingerprint density at radius 2 is 2.00 bits per heavy atom. The van der Waals surface area contributed by atoms with Crippen molar-refractivity contribution in [3.05, 3.63) is 65.2 Å². The highest BCUT2D eigenvalue weighted by Crippen LogP contribution is 2.33. The van der Waals surface area contributed by atoms with Crippen LogP contribution in [0.4, 0.5) is 24.5 Å².